The number of aliphatic carboxylic acids is 1. The van der Waals surface area contributed by atoms with Gasteiger partial charge in [0.2, 0.25) is 0 Å². The van der Waals surface area contributed by atoms with Crippen LogP contribution in [-0.4, -0.2) is 46.8 Å². The average molecular weight is 161 g/mol. The summed E-state index contributed by atoms with van der Waals surface area (Å²) < 4.78 is 0. The zero-order valence-electron chi connectivity index (χ0n) is 7.16. The number of hydrogen-bond donors (Lipinski definition) is 2. The Hall–Kier alpha value is -0.610. The van der Waals surface area contributed by atoms with E-state index in [4.69, 9.17) is 5.11 Å². The molecule has 0 saturated carbocycles. The van der Waals surface area contributed by atoms with Gasteiger partial charge < -0.3 is 10.2 Å². The molecule has 11 heavy (non-hydrogen) atoms. The summed E-state index contributed by atoms with van der Waals surface area (Å²) in [6.07, 6.45) is 0. The van der Waals surface area contributed by atoms with Gasteiger partial charge in [-0.2, -0.15) is 0 Å². The van der Waals surface area contributed by atoms with E-state index in [-0.39, 0.29) is 6.54 Å². The van der Waals surface area contributed by atoms with Crippen molar-refractivity contribution in [3.05, 3.63) is 0 Å². The van der Waals surface area contributed by atoms with Crippen LogP contribution in [0.15, 0.2) is 0 Å². The highest BCUT2D eigenvalue weighted by Gasteiger charge is 2.16. The third kappa shape index (κ3) is 7.29. The lowest BCUT2D eigenvalue weighted by Crippen LogP contribution is -2.38. The number of hydrogen-bond acceptors (Lipinski definition) is 3. The Morgan fingerprint density at radius 2 is 2.00 bits per heavy atom. The van der Waals surface area contributed by atoms with Crippen LogP contribution in [0.1, 0.15) is 13.8 Å². The van der Waals surface area contributed by atoms with Crippen LogP contribution in [0.3, 0.4) is 0 Å². The monoisotopic (exact) mass is 161 g/mol. The van der Waals surface area contributed by atoms with Crippen LogP contribution >= 0.6 is 0 Å². The molecule has 0 bridgehead atoms. The van der Waals surface area contributed by atoms with Gasteiger partial charge in [-0.25, -0.2) is 0 Å². The molecule has 2 N–H and O–H groups in total. The molecule has 0 aliphatic carbocycles. The van der Waals surface area contributed by atoms with Crippen LogP contribution in [-0.2, 0) is 4.79 Å². The number of aliphatic hydroxyl groups is 1. The van der Waals surface area contributed by atoms with E-state index >= 15 is 0 Å². The summed E-state index contributed by atoms with van der Waals surface area (Å²) in [5.41, 5.74) is -0.829. The van der Waals surface area contributed by atoms with Crippen molar-refractivity contribution in [2.75, 3.05) is 20.1 Å². The number of likely N-dealkylation sites (N-methyl/N-ethyl adjacent to an activating group) is 1. The maximum atomic E-state index is 10.2. The summed E-state index contributed by atoms with van der Waals surface area (Å²) in [7, 11) is 1.66. The summed E-state index contributed by atoms with van der Waals surface area (Å²) in [4.78, 5) is 11.7. The van der Waals surface area contributed by atoms with E-state index in [0.29, 0.717) is 6.54 Å². The van der Waals surface area contributed by atoms with Gasteiger partial charge in [0.15, 0.2) is 0 Å². The zero-order chi connectivity index (χ0) is 9.07. The molecule has 0 amide bonds. The van der Waals surface area contributed by atoms with Gasteiger partial charge in [-0.05, 0) is 20.9 Å². The molecular formula is C7H15NO3. The highest BCUT2D eigenvalue weighted by molar-refractivity contribution is 5.69. The first-order chi connectivity index (χ1) is 4.81. The van der Waals surface area contributed by atoms with E-state index in [9.17, 15) is 9.90 Å². The van der Waals surface area contributed by atoms with Crippen molar-refractivity contribution in [1.29, 1.82) is 0 Å². The van der Waals surface area contributed by atoms with Crippen LogP contribution in [0.25, 0.3) is 0 Å². The Labute approximate surface area is 66.4 Å². The second kappa shape index (κ2) is 3.69. The van der Waals surface area contributed by atoms with E-state index in [1.807, 2.05) is 0 Å². The van der Waals surface area contributed by atoms with Crippen molar-refractivity contribution in [2.24, 2.45) is 0 Å². The van der Waals surface area contributed by atoms with Crippen molar-refractivity contribution in [3.63, 3.8) is 0 Å². The molecular weight excluding hydrogens is 146 g/mol. The molecule has 0 rings (SSSR count). The fourth-order valence-electron chi connectivity index (χ4n) is 0.947. The molecule has 0 fully saturated rings. The van der Waals surface area contributed by atoms with Crippen molar-refractivity contribution in [2.45, 2.75) is 19.4 Å². The Balaban J connectivity index is 3.69. The minimum Gasteiger partial charge on any atom is -0.480 e. The van der Waals surface area contributed by atoms with Gasteiger partial charge in [0.1, 0.15) is 0 Å². The molecule has 0 aliphatic rings. The maximum absolute atomic E-state index is 10.2. The normalized spacial score (nSPS) is 12.1. The fourth-order valence-corrected chi connectivity index (χ4v) is 0.947. The second-order valence-electron chi connectivity index (χ2n) is 3.38. The first kappa shape index (κ1) is 10.4. The first-order valence-electron chi connectivity index (χ1n) is 3.44. The lowest BCUT2D eigenvalue weighted by atomic mass is 10.1. The molecule has 0 unspecified atom stereocenters. The first-order valence-corrected chi connectivity index (χ1v) is 3.44. The van der Waals surface area contributed by atoms with Crippen molar-refractivity contribution in [3.8, 4) is 0 Å². The van der Waals surface area contributed by atoms with E-state index in [2.05, 4.69) is 0 Å². The molecule has 0 spiro atoms. The molecule has 66 valence electrons. The number of carboxylic acid groups (broad SMARTS) is 1. The Morgan fingerprint density at radius 1 is 1.55 bits per heavy atom. The van der Waals surface area contributed by atoms with E-state index in [1.54, 1.807) is 25.8 Å². The lowest BCUT2D eigenvalue weighted by molar-refractivity contribution is -0.138. The highest BCUT2D eigenvalue weighted by Crippen LogP contribution is 2.01. The summed E-state index contributed by atoms with van der Waals surface area (Å²) in [5, 5.41) is 17.6. The molecule has 0 radical (unpaired) electrons. The topological polar surface area (TPSA) is 60.8 Å². The highest BCUT2D eigenvalue weighted by atomic mass is 16.4. The van der Waals surface area contributed by atoms with Gasteiger partial charge >= 0.3 is 5.97 Å². The molecule has 0 aromatic heterocycles. The summed E-state index contributed by atoms with van der Waals surface area (Å²) in [6.45, 7) is 3.61. The van der Waals surface area contributed by atoms with Crippen LogP contribution in [0, 0.1) is 0 Å². The number of carbonyl (C=O) groups is 1. The van der Waals surface area contributed by atoms with Crippen LogP contribution in [0.4, 0.5) is 0 Å². The quantitative estimate of drug-likeness (QED) is 0.598. The van der Waals surface area contributed by atoms with Gasteiger partial charge in [-0.3, -0.25) is 9.69 Å². The van der Waals surface area contributed by atoms with E-state index < -0.39 is 11.6 Å². The van der Waals surface area contributed by atoms with E-state index in [1.165, 1.54) is 0 Å². The largest absolute Gasteiger partial charge is 0.480 e. The molecule has 0 heterocycles. The summed E-state index contributed by atoms with van der Waals surface area (Å²) in [6, 6.07) is 0. The predicted octanol–water partition coefficient (Wildman–Crippen LogP) is -0.226. The molecule has 4 heteroatoms. The molecule has 0 aromatic rings. The van der Waals surface area contributed by atoms with Crippen LogP contribution < -0.4 is 0 Å². The minimum atomic E-state index is -0.878. The van der Waals surface area contributed by atoms with Gasteiger partial charge in [0.25, 0.3) is 0 Å². The zero-order valence-corrected chi connectivity index (χ0v) is 7.16. The third-order valence-electron chi connectivity index (χ3n) is 1.06. The fraction of sp³-hybridized carbons (Fsp3) is 0.857. The average Bonchev–Trinajstić information content (AvgIpc) is 1.53. The predicted molar refractivity (Wildman–Crippen MR) is 41.4 cm³/mol. The van der Waals surface area contributed by atoms with Crippen molar-refractivity contribution >= 4 is 5.97 Å². The molecule has 4 nitrogen and oxygen atoms in total. The summed E-state index contributed by atoms with van der Waals surface area (Å²) >= 11 is 0. The number of rotatable bonds is 4. The van der Waals surface area contributed by atoms with Gasteiger partial charge in [0.05, 0.1) is 12.1 Å². The minimum absolute atomic E-state index is 0.0377. The number of carboxylic acids is 1. The third-order valence-corrected chi connectivity index (χ3v) is 1.06. The smallest absolute Gasteiger partial charge is 0.317 e. The Bertz CT molecular complexity index is 139. The van der Waals surface area contributed by atoms with Gasteiger partial charge in [-0.1, -0.05) is 0 Å². The number of nitrogens with zero attached hydrogens (tertiary/aromatic N) is 1. The standard InChI is InChI=1S/C7H15NO3/c1-7(2,11)5-8(3)4-6(9)10/h11H,4-5H2,1-3H3,(H,9,10). The SMILES string of the molecule is CN(CC(=O)O)CC(C)(C)O. The lowest BCUT2D eigenvalue weighted by Gasteiger charge is -2.23. The van der Waals surface area contributed by atoms with Gasteiger partial charge in [-0.15, -0.1) is 0 Å². The Morgan fingerprint density at radius 3 is 2.27 bits per heavy atom. The second-order valence-corrected chi connectivity index (χ2v) is 3.38. The summed E-state index contributed by atoms with van der Waals surface area (Å²) in [5.74, 6) is -0.878. The molecule has 0 aliphatic heterocycles. The maximum Gasteiger partial charge on any atom is 0.317 e. The van der Waals surface area contributed by atoms with Crippen LogP contribution in [0.2, 0.25) is 0 Å². The van der Waals surface area contributed by atoms with Crippen LogP contribution in [0.5, 0.6) is 0 Å². The van der Waals surface area contributed by atoms with Gasteiger partial charge in [0, 0.05) is 6.54 Å². The molecule has 0 atom stereocenters. The van der Waals surface area contributed by atoms with Crippen molar-refractivity contribution in [1.82, 2.24) is 4.90 Å². The Kier molecular flexibility index (Phi) is 3.48. The molecule has 0 saturated heterocycles. The van der Waals surface area contributed by atoms with Crippen molar-refractivity contribution < 1.29 is 15.0 Å². The van der Waals surface area contributed by atoms with E-state index in [0.717, 1.165) is 0 Å². The molecule has 0 aromatic carbocycles.